The molecule has 0 bridgehead atoms. The lowest BCUT2D eigenvalue weighted by atomic mass is 9.71. The van der Waals surface area contributed by atoms with E-state index < -0.39 is 0 Å². The molecule has 2 aromatic rings. The normalized spacial score (nSPS) is 18.4. The number of fused-ring (bicyclic) bond motifs is 1. The first-order valence-electron chi connectivity index (χ1n) is 5.85. The van der Waals surface area contributed by atoms with E-state index in [9.17, 15) is 0 Å². The van der Waals surface area contributed by atoms with E-state index in [0.717, 1.165) is 24.1 Å². The smallest absolute Gasteiger partial charge is 0.0708 e. The van der Waals surface area contributed by atoms with E-state index in [-0.39, 0.29) is 5.54 Å². The summed E-state index contributed by atoms with van der Waals surface area (Å²) in [6.45, 7) is 2.04. The summed E-state index contributed by atoms with van der Waals surface area (Å²) in [5.74, 6) is 0. The summed E-state index contributed by atoms with van der Waals surface area (Å²) < 4.78 is 0. The minimum Gasteiger partial charge on any atom is -0.321 e. The fraction of sp³-hybridized carbons (Fsp3) is 0.357. The van der Waals surface area contributed by atoms with E-state index >= 15 is 0 Å². The molecule has 2 heteroatoms. The third kappa shape index (κ3) is 1.34. The average molecular weight is 212 g/mol. The van der Waals surface area contributed by atoms with Gasteiger partial charge in [0, 0.05) is 16.6 Å². The molecule has 0 aliphatic heterocycles. The Hall–Kier alpha value is -1.41. The molecule has 2 N–H and O–H groups in total. The van der Waals surface area contributed by atoms with Gasteiger partial charge < -0.3 is 5.73 Å². The predicted molar refractivity (Wildman–Crippen MR) is 66.2 cm³/mol. The molecule has 1 saturated carbocycles. The molecule has 16 heavy (non-hydrogen) atoms. The second-order valence-electron chi connectivity index (χ2n) is 4.84. The van der Waals surface area contributed by atoms with Crippen molar-refractivity contribution in [3.8, 4) is 0 Å². The highest BCUT2D eigenvalue weighted by Gasteiger charge is 2.35. The molecule has 3 rings (SSSR count). The van der Waals surface area contributed by atoms with Crippen molar-refractivity contribution in [3.05, 3.63) is 41.6 Å². The molecule has 1 aliphatic carbocycles. The maximum Gasteiger partial charge on any atom is 0.0708 e. The van der Waals surface area contributed by atoms with Crippen LogP contribution in [0.5, 0.6) is 0 Å². The first kappa shape index (κ1) is 9.79. The summed E-state index contributed by atoms with van der Waals surface area (Å²) in [6.07, 6.45) is 3.44. The van der Waals surface area contributed by atoms with Gasteiger partial charge in [0.25, 0.3) is 0 Å². The lowest BCUT2D eigenvalue weighted by molar-refractivity contribution is 0.255. The highest BCUT2D eigenvalue weighted by atomic mass is 14.8. The van der Waals surface area contributed by atoms with E-state index in [1.54, 1.807) is 0 Å². The van der Waals surface area contributed by atoms with Gasteiger partial charge >= 0.3 is 0 Å². The van der Waals surface area contributed by atoms with Crippen LogP contribution in [-0.4, -0.2) is 4.98 Å². The Kier molecular flexibility index (Phi) is 2.01. The number of nitrogens with two attached hydrogens (primary N) is 1. The topological polar surface area (TPSA) is 38.9 Å². The molecule has 0 spiro atoms. The Morgan fingerprint density at radius 1 is 1.25 bits per heavy atom. The summed E-state index contributed by atoms with van der Waals surface area (Å²) in [5.41, 5.74) is 9.73. The molecule has 1 aliphatic rings. The monoisotopic (exact) mass is 212 g/mol. The summed E-state index contributed by atoms with van der Waals surface area (Å²) in [6, 6.07) is 10.4. The fourth-order valence-corrected chi connectivity index (χ4v) is 2.55. The number of hydrogen-bond acceptors (Lipinski definition) is 2. The number of aromatic nitrogens is 1. The first-order chi connectivity index (χ1) is 7.69. The van der Waals surface area contributed by atoms with Crippen LogP contribution >= 0.6 is 0 Å². The minimum absolute atomic E-state index is 0.104. The zero-order valence-electron chi connectivity index (χ0n) is 9.53. The number of aryl methyl sites for hydroxylation is 1. The maximum absolute atomic E-state index is 6.43. The third-order valence-electron chi connectivity index (χ3n) is 3.63. The van der Waals surface area contributed by atoms with Gasteiger partial charge in [-0.05, 0) is 43.9 Å². The number of benzene rings is 1. The number of rotatable bonds is 1. The number of nitrogens with zero attached hydrogens (tertiary/aromatic N) is 1. The fourth-order valence-electron chi connectivity index (χ4n) is 2.55. The standard InChI is InChI=1S/C14H16N2/c1-10-9-12(14(15)7-4-8-14)11-5-2-3-6-13(11)16-10/h2-3,5-6,9H,4,7-8,15H2,1H3. The Morgan fingerprint density at radius 2 is 2.00 bits per heavy atom. The van der Waals surface area contributed by atoms with E-state index in [0.29, 0.717) is 0 Å². The molecule has 2 nitrogen and oxygen atoms in total. The molecule has 0 saturated heterocycles. The van der Waals surface area contributed by atoms with E-state index in [1.807, 2.05) is 13.0 Å². The van der Waals surface area contributed by atoms with Crippen molar-refractivity contribution >= 4 is 10.9 Å². The third-order valence-corrected chi connectivity index (χ3v) is 3.63. The van der Waals surface area contributed by atoms with Crippen LogP contribution in [0, 0.1) is 6.92 Å². The highest BCUT2D eigenvalue weighted by molar-refractivity contribution is 5.83. The van der Waals surface area contributed by atoms with Gasteiger partial charge in [-0.25, -0.2) is 0 Å². The molecule has 0 unspecified atom stereocenters. The highest BCUT2D eigenvalue weighted by Crippen LogP contribution is 2.41. The first-order valence-corrected chi connectivity index (χ1v) is 5.85. The number of para-hydroxylation sites is 1. The van der Waals surface area contributed by atoms with E-state index in [1.165, 1.54) is 17.4 Å². The quantitative estimate of drug-likeness (QED) is 0.789. The van der Waals surface area contributed by atoms with Gasteiger partial charge in [-0.3, -0.25) is 4.98 Å². The van der Waals surface area contributed by atoms with Crippen LogP contribution in [0.25, 0.3) is 10.9 Å². The lowest BCUT2D eigenvalue weighted by Gasteiger charge is -2.39. The van der Waals surface area contributed by atoms with Crippen molar-refractivity contribution in [1.82, 2.24) is 4.98 Å². The van der Waals surface area contributed by atoms with Gasteiger partial charge in [-0.2, -0.15) is 0 Å². The van der Waals surface area contributed by atoms with Crippen LogP contribution in [0.2, 0.25) is 0 Å². The van der Waals surface area contributed by atoms with Crippen LogP contribution < -0.4 is 5.73 Å². The van der Waals surface area contributed by atoms with Crippen molar-refractivity contribution < 1.29 is 0 Å². The number of hydrogen-bond donors (Lipinski definition) is 1. The van der Waals surface area contributed by atoms with Crippen LogP contribution in [0.3, 0.4) is 0 Å². The Morgan fingerprint density at radius 3 is 2.69 bits per heavy atom. The zero-order valence-corrected chi connectivity index (χ0v) is 9.53. The van der Waals surface area contributed by atoms with Gasteiger partial charge in [0.1, 0.15) is 0 Å². The number of pyridine rings is 1. The van der Waals surface area contributed by atoms with Crippen molar-refractivity contribution in [2.75, 3.05) is 0 Å². The molecule has 1 aromatic heterocycles. The molecular formula is C14H16N2. The van der Waals surface area contributed by atoms with Crippen molar-refractivity contribution in [2.45, 2.75) is 31.7 Å². The van der Waals surface area contributed by atoms with Gasteiger partial charge in [0.15, 0.2) is 0 Å². The van der Waals surface area contributed by atoms with Crippen LogP contribution in [0.15, 0.2) is 30.3 Å². The predicted octanol–water partition coefficient (Wildman–Crippen LogP) is 2.88. The van der Waals surface area contributed by atoms with Crippen molar-refractivity contribution in [3.63, 3.8) is 0 Å². The Labute approximate surface area is 95.5 Å². The largest absolute Gasteiger partial charge is 0.321 e. The second-order valence-corrected chi connectivity index (χ2v) is 4.84. The van der Waals surface area contributed by atoms with Gasteiger partial charge in [-0.1, -0.05) is 18.2 Å². The second kappa shape index (κ2) is 3.29. The van der Waals surface area contributed by atoms with Crippen LogP contribution in [0.4, 0.5) is 0 Å². The molecule has 1 aromatic carbocycles. The van der Waals surface area contributed by atoms with Crippen LogP contribution in [0.1, 0.15) is 30.5 Å². The summed E-state index contributed by atoms with van der Waals surface area (Å²) in [5, 5.41) is 1.22. The van der Waals surface area contributed by atoms with Gasteiger partial charge in [-0.15, -0.1) is 0 Å². The van der Waals surface area contributed by atoms with Crippen molar-refractivity contribution in [2.24, 2.45) is 5.73 Å². The van der Waals surface area contributed by atoms with E-state index in [2.05, 4.69) is 29.2 Å². The molecule has 82 valence electrons. The van der Waals surface area contributed by atoms with E-state index in [4.69, 9.17) is 5.73 Å². The Bertz CT molecular complexity index is 541. The molecule has 0 atom stereocenters. The molecule has 1 heterocycles. The molecular weight excluding hydrogens is 196 g/mol. The van der Waals surface area contributed by atoms with Crippen LogP contribution in [-0.2, 0) is 5.54 Å². The van der Waals surface area contributed by atoms with Crippen molar-refractivity contribution in [1.29, 1.82) is 0 Å². The summed E-state index contributed by atoms with van der Waals surface area (Å²) in [7, 11) is 0. The van der Waals surface area contributed by atoms with Gasteiger partial charge in [0.05, 0.1) is 5.52 Å². The maximum atomic E-state index is 6.43. The SMILES string of the molecule is Cc1cc(C2(N)CCC2)c2ccccc2n1. The molecule has 1 fully saturated rings. The molecule has 0 radical (unpaired) electrons. The average Bonchev–Trinajstić information content (AvgIpc) is 2.24. The minimum atomic E-state index is -0.104. The van der Waals surface area contributed by atoms with Gasteiger partial charge in [0.2, 0.25) is 0 Å². The zero-order chi connectivity index (χ0) is 11.2. The summed E-state index contributed by atoms with van der Waals surface area (Å²) in [4.78, 5) is 4.55. The Balaban J connectivity index is 2.30. The lowest BCUT2D eigenvalue weighted by Crippen LogP contribution is -2.43. The summed E-state index contributed by atoms with van der Waals surface area (Å²) >= 11 is 0. The molecule has 0 amide bonds.